The van der Waals surface area contributed by atoms with E-state index in [1.54, 1.807) is 13.1 Å². The lowest BCUT2D eigenvalue weighted by atomic mass is 9.90. The van der Waals surface area contributed by atoms with Crippen LogP contribution in [0.4, 0.5) is 0 Å². The van der Waals surface area contributed by atoms with E-state index in [2.05, 4.69) is 9.72 Å². The molecule has 0 radical (unpaired) electrons. The monoisotopic (exact) mass is 281 g/mol. The van der Waals surface area contributed by atoms with Crippen LogP contribution < -0.4 is 0 Å². The van der Waals surface area contributed by atoms with Gasteiger partial charge in [-0.1, -0.05) is 19.9 Å². The number of carbonyl (C=O) groups excluding carboxylic acids is 1. The highest BCUT2D eigenvalue weighted by molar-refractivity contribution is 5.87. The summed E-state index contributed by atoms with van der Waals surface area (Å²) < 4.78 is 9.79. The molecular formula is C15H23NO4. The second kappa shape index (κ2) is 7.85. The van der Waals surface area contributed by atoms with Gasteiger partial charge in [0.25, 0.3) is 0 Å². The van der Waals surface area contributed by atoms with Crippen LogP contribution in [0.1, 0.15) is 33.0 Å². The molecule has 0 aromatic carbocycles. The third-order valence-corrected chi connectivity index (χ3v) is 3.34. The largest absolute Gasteiger partial charge is 0.466 e. The zero-order valence-corrected chi connectivity index (χ0v) is 12.5. The molecule has 1 aromatic heterocycles. The Labute approximate surface area is 119 Å². The zero-order chi connectivity index (χ0) is 15.1. The molecule has 0 spiro atoms. The van der Waals surface area contributed by atoms with Crippen molar-refractivity contribution >= 4 is 5.97 Å². The summed E-state index contributed by atoms with van der Waals surface area (Å²) in [7, 11) is 1.37. The highest BCUT2D eigenvalue weighted by atomic mass is 16.5. The average molecular weight is 281 g/mol. The van der Waals surface area contributed by atoms with Gasteiger partial charge in [0, 0.05) is 12.0 Å². The Morgan fingerprint density at radius 1 is 1.55 bits per heavy atom. The Balaban J connectivity index is 2.48. The van der Waals surface area contributed by atoms with Gasteiger partial charge in [-0.05, 0) is 25.2 Å². The van der Waals surface area contributed by atoms with Gasteiger partial charge in [0.15, 0.2) is 6.39 Å². The van der Waals surface area contributed by atoms with Gasteiger partial charge in [-0.25, -0.2) is 9.78 Å². The summed E-state index contributed by atoms with van der Waals surface area (Å²) >= 11 is 0. The van der Waals surface area contributed by atoms with E-state index in [4.69, 9.17) is 4.42 Å². The number of nitrogens with zero attached hydrogens (tertiary/aromatic N) is 1. The second-order valence-electron chi connectivity index (χ2n) is 5.27. The topological polar surface area (TPSA) is 72.6 Å². The molecule has 1 aromatic rings. The number of hydrogen-bond acceptors (Lipinski definition) is 5. The number of ether oxygens (including phenoxy) is 1. The maximum Gasteiger partial charge on any atom is 0.333 e. The minimum absolute atomic E-state index is 0.0943. The molecule has 0 fully saturated rings. The summed E-state index contributed by atoms with van der Waals surface area (Å²) in [6, 6.07) is 0. The molecular weight excluding hydrogens is 258 g/mol. The summed E-state index contributed by atoms with van der Waals surface area (Å²) in [6.07, 6.45) is 5.59. The number of aliphatic hydroxyl groups excluding tert-OH is 1. The van der Waals surface area contributed by atoms with Crippen molar-refractivity contribution in [2.24, 2.45) is 11.8 Å². The van der Waals surface area contributed by atoms with E-state index in [0.29, 0.717) is 17.8 Å². The summed E-state index contributed by atoms with van der Waals surface area (Å²) in [5.41, 5.74) is 0.594. The van der Waals surface area contributed by atoms with E-state index in [9.17, 15) is 9.90 Å². The van der Waals surface area contributed by atoms with Crippen LogP contribution in [0.25, 0.3) is 0 Å². The van der Waals surface area contributed by atoms with Crippen molar-refractivity contribution in [3.63, 3.8) is 0 Å². The van der Waals surface area contributed by atoms with Gasteiger partial charge in [-0.3, -0.25) is 0 Å². The number of allylic oxidation sites excluding steroid dienone is 1. The summed E-state index contributed by atoms with van der Waals surface area (Å²) in [5.74, 6) is 0.648. The van der Waals surface area contributed by atoms with Gasteiger partial charge in [0.05, 0.1) is 19.4 Å². The Kier molecular flexibility index (Phi) is 6.45. The first kappa shape index (κ1) is 16.4. The van der Waals surface area contributed by atoms with Gasteiger partial charge in [0.1, 0.15) is 5.76 Å². The smallest absolute Gasteiger partial charge is 0.333 e. The van der Waals surface area contributed by atoms with Crippen LogP contribution in [0.15, 0.2) is 28.7 Å². The second-order valence-corrected chi connectivity index (χ2v) is 5.27. The predicted molar refractivity (Wildman–Crippen MR) is 74.9 cm³/mol. The van der Waals surface area contributed by atoms with Crippen LogP contribution in [0, 0.1) is 11.8 Å². The molecule has 20 heavy (non-hydrogen) atoms. The fourth-order valence-corrected chi connectivity index (χ4v) is 2.22. The number of aliphatic hydroxyl groups is 1. The van der Waals surface area contributed by atoms with E-state index < -0.39 is 6.10 Å². The Hall–Kier alpha value is -1.62. The molecule has 0 aliphatic rings. The van der Waals surface area contributed by atoms with Crippen molar-refractivity contribution in [3.05, 3.63) is 30.0 Å². The SMILES string of the molecule is COC(=O)/C(C)=C/C(C)CC(C)C(O)Cc1cnco1. The van der Waals surface area contributed by atoms with Gasteiger partial charge >= 0.3 is 5.97 Å². The lowest BCUT2D eigenvalue weighted by Crippen LogP contribution is -2.22. The lowest BCUT2D eigenvalue weighted by molar-refractivity contribution is -0.136. The average Bonchev–Trinajstić information content (AvgIpc) is 2.90. The molecule has 1 rings (SSSR count). The Morgan fingerprint density at radius 3 is 2.80 bits per heavy atom. The van der Waals surface area contributed by atoms with Gasteiger partial charge < -0.3 is 14.3 Å². The molecule has 3 unspecified atom stereocenters. The number of methoxy groups -OCH3 is 1. The molecule has 3 atom stereocenters. The number of carbonyl (C=O) groups is 1. The molecule has 0 saturated heterocycles. The molecule has 0 aliphatic heterocycles. The van der Waals surface area contributed by atoms with Crippen LogP contribution in [0.3, 0.4) is 0 Å². The van der Waals surface area contributed by atoms with Crippen LogP contribution in [0.5, 0.6) is 0 Å². The van der Waals surface area contributed by atoms with E-state index in [-0.39, 0.29) is 17.8 Å². The minimum atomic E-state index is -0.489. The van der Waals surface area contributed by atoms with Crippen molar-refractivity contribution in [1.29, 1.82) is 0 Å². The zero-order valence-electron chi connectivity index (χ0n) is 12.5. The molecule has 1 N–H and O–H groups in total. The lowest BCUT2D eigenvalue weighted by Gasteiger charge is -2.20. The highest BCUT2D eigenvalue weighted by Crippen LogP contribution is 2.20. The normalized spacial score (nSPS) is 16.6. The summed E-state index contributed by atoms with van der Waals surface area (Å²) in [5, 5.41) is 10.1. The van der Waals surface area contributed by atoms with Crippen molar-refractivity contribution in [2.45, 2.75) is 39.7 Å². The number of rotatable bonds is 7. The highest BCUT2D eigenvalue weighted by Gasteiger charge is 2.18. The van der Waals surface area contributed by atoms with Crippen molar-refractivity contribution in [1.82, 2.24) is 4.98 Å². The van der Waals surface area contributed by atoms with Crippen LogP contribution >= 0.6 is 0 Å². The van der Waals surface area contributed by atoms with Crippen molar-refractivity contribution in [2.75, 3.05) is 7.11 Å². The molecule has 0 bridgehead atoms. The minimum Gasteiger partial charge on any atom is -0.466 e. The molecule has 112 valence electrons. The first-order valence-electron chi connectivity index (χ1n) is 6.76. The first-order chi connectivity index (χ1) is 9.43. The van der Waals surface area contributed by atoms with E-state index >= 15 is 0 Å². The van der Waals surface area contributed by atoms with Gasteiger partial charge in [0.2, 0.25) is 0 Å². The third kappa shape index (κ3) is 5.17. The standard InChI is InChI=1S/C15H23NO4/c1-10(6-12(3)15(18)19-4)5-11(2)14(17)7-13-8-16-9-20-13/h6,8-11,14,17H,5,7H2,1-4H3/b12-6+. The van der Waals surface area contributed by atoms with E-state index in [1.165, 1.54) is 13.5 Å². The number of oxazole rings is 1. The number of aromatic nitrogens is 1. The fourth-order valence-electron chi connectivity index (χ4n) is 2.22. The maximum absolute atomic E-state index is 11.3. The van der Waals surface area contributed by atoms with Crippen LogP contribution in [-0.2, 0) is 16.0 Å². The van der Waals surface area contributed by atoms with Crippen molar-refractivity contribution in [3.8, 4) is 0 Å². The van der Waals surface area contributed by atoms with E-state index in [1.807, 2.05) is 19.9 Å². The van der Waals surface area contributed by atoms with E-state index in [0.717, 1.165) is 6.42 Å². The summed E-state index contributed by atoms with van der Waals surface area (Å²) in [6.45, 7) is 5.74. The molecule has 0 saturated carbocycles. The predicted octanol–water partition coefficient (Wildman–Crippen LogP) is 2.36. The quantitative estimate of drug-likeness (QED) is 0.613. The Morgan fingerprint density at radius 2 is 2.25 bits per heavy atom. The molecule has 5 nitrogen and oxygen atoms in total. The number of hydrogen-bond donors (Lipinski definition) is 1. The fraction of sp³-hybridized carbons (Fsp3) is 0.600. The third-order valence-electron chi connectivity index (χ3n) is 3.34. The molecule has 0 amide bonds. The molecule has 5 heteroatoms. The summed E-state index contributed by atoms with van der Waals surface area (Å²) in [4.78, 5) is 15.1. The first-order valence-corrected chi connectivity index (χ1v) is 6.76. The van der Waals surface area contributed by atoms with Crippen LogP contribution in [0.2, 0.25) is 0 Å². The number of esters is 1. The van der Waals surface area contributed by atoms with Crippen molar-refractivity contribution < 1.29 is 19.1 Å². The Bertz CT molecular complexity index is 439. The molecule has 0 aliphatic carbocycles. The maximum atomic E-state index is 11.3. The van der Waals surface area contributed by atoms with Gasteiger partial charge in [-0.15, -0.1) is 0 Å². The van der Waals surface area contributed by atoms with Gasteiger partial charge in [-0.2, -0.15) is 0 Å². The van der Waals surface area contributed by atoms with Crippen LogP contribution in [-0.4, -0.2) is 29.3 Å². The molecule has 1 heterocycles.